The first-order valence-corrected chi connectivity index (χ1v) is 17.8. The van der Waals surface area contributed by atoms with Crippen LogP contribution in [0.1, 0.15) is 33.9 Å². The molecule has 0 spiro atoms. The van der Waals surface area contributed by atoms with Gasteiger partial charge in [-0.25, -0.2) is 0 Å². The quantitative estimate of drug-likeness (QED) is 0.145. The fourth-order valence-electron chi connectivity index (χ4n) is 8.39. The predicted molar refractivity (Wildman–Crippen MR) is 215 cm³/mol. The van der Waals surface area contributed by atoms with Crippen LogP contribution in [0.15, 0.2) is 158 Å². The smallest absolute Gasteiger partial charge is 0.0566 e. The Morgan fingerprint density at radius 1 is 0.269 bits per heavy atom. The lowest BCUT2D eigenvalue weighted by molar-refractivity contribution is 1.22. The van der Waals surface area contributed by atoms with Gasteiger partial charge in [-0.15, -0.1) is 0 Å². The highest BCUT2D eigenvalue weighted by atomic mass is 14.8. The van der Waals surface area contributed by atoms with Crippen LogP contribution in [0.25, 0.3) is 66.4 Å². The molecule has 244 valence electrons. The largest absolute Gasteiger partial charge is 0.354 e. The number of benzene rings is 6. The van der Waals surface area contributed by atoms with Gasteiger partial charge in [-0.3, -0.25) is 0 Å². The Morgan fingerprint density at radius 3 is 1.04 bits per heavy atom. The van der Waals surface area contributed by atoms with Crippen molar-refractivity contribution in [2.45, 2.75) is 0 Å². The lowest BCUT2D eigenvalue weighted by Gasteiger charge is -2.09. The van der Waals surface area contributed by atoms with Crippen LogP contribution in [-0.4, -0.2) is 19.9 Å². The van der Waals surface area contributed by atoms with E-state index in [2.05, 4.69) is 190 Å². The highest BCUT2D eigenvalue weighted by Gasteiger charge is 2.22. The van der Waals surface area contributed by atoms with Crippen LogP contribution < -0.4 is 21.4 Å². The third-order valence-electron chi connectivity index (χ3n) is 10.7. The first-order valence-electron chi connectivity index (χ1n) is 17.8. The average Bonchev–Trinajstić information content (AvgIpc) is 3.96. The lowest BCUT2D eigenvalue weighted by Crippen LogP contribution is -2.16. The zero-order chi connectivity index (χ0) is 34.2. The Bertz CT molecular complexity index is 3060. The standard InChI is InChI=1S/C48H32N4/c1-3-15-29(16-4-1)43-45-35-23-11-9-21-33(35)41(50-45)27-39-31-19-7-8-20-32(31)40(49-39)28-42-34-22-10-12-24-36(34)46(51-42)44(30-17-5-2-6-18-30)48-38-26-14-13-25-37(38)47(43)52-48/h1-28,49-52H. The van der Waals surface area contributed by atoms with Gasteiger partial charge in [0.15, 0.2) is 0 Å². The molecule has 4 heteroatoms. The van der Waals surface area contributed by atoms with Crippen molar-refractivity contribution < 1.29 is 0 Å². The summed E-state index contributed by atoms with van der Waals surface area (Å²) < 4.78 is 0. The normalized spacial score (nSPS) is 12.8. The van der Waals surface area contributed by atoms with Crippen LogP contribution in [0.3, 0.4) is 0 Å². The molecule has 0 fully saturated rings. The maximum absolute atomic E-state index is 4.08. The van der Waals surface area contributed by atoms with Gasteiger partial charge in [-0.1, -0.05) is 158 Å². The number of hydrogen-bond donors (Lipinski definition) is 4. The van der Waals surface area contributed by atoms with Gasteiger partial charge in [-0.05, 0) is 23.3 Å². The molecule has 52 heavy (non-hydrogen) atoms. The number of fused-ring (bicyclic) bond motifs is 20. The molecule has 0 saturated carbocycles. The van der Waals surface area contributed by atoms with Crippen molar-refractivity contribution in [3.8, 4) is 0 Å². The summed E-state index contributed by atoms with van der Waals surface area (Å²) >= 11 is 0. The number of hydrogen-bond acceptors (Lipinski definition) is 0. The molecule has 4 nitrogen and oxygen atoms in total. The minimum Gasteiger partial charge on any atom is -0.354 e. The van der Waals surface area contributed by atoms with Gasteiger partial charge in [0.05, 0.1) is 22.1 Å². The number of H-pyrrole nitrogens is 4. The van der Waals surface area contributed by atoms with Gasteiger partial charge < -0.3 is 19.9 Å². The second-order valence-electron chi connectivity index (χ2n) is 13.6. The molecule has 6 aromatic carbocycles. The van der Waals surface area contributed by atoms with Crippen molar-refractivity contribution in [2.75, 3.05) is 0 Å². The number of aromatic nitrogens is 4. The Hall–Kier alpha value is -7.04. The molecule has 0 atom stereocenters. The van der Waals surface area contributed by atoms with E-state index < -0.39 is 0 Å². The van der Waals surface area contributed by atoms with Crippen LogP contribution in [0.5, 0.6) is 0 Å². The van der Waals surface area contributed by atoms with Gasteiger partial charge in [0.25, 0.3) is 0 Å². The van der Waals surface area contributed by atoms with Crippen molar-refractivity contribution in [1.29, 1.82) is 0 Å². The first-order chi connectivity index (χ1) is 25.8. The lowest BCUT2D eigenvalue weighted by atomic mass is 9.96. The second kappa shape index (κ2) is 11.2. The number of aromatic amines is 4. The Labute approximate surface area is 298 Å². The molecule has 1 aliphatic rings. The van der Waals surface area contributed by atoms with Gasteiger partial charge in [0.1, 0.15) is 0 Å². The molecule has 0 radical (unpaired) electrons. The summed E-state index contributed by atoms with van der Waals surface area (Å²) in [6, 6.07) is 56.5. The van der Waals surface area contributed by atoms with Crippen LogP contribution in [0.2, 0.25) is 0 Å². The van der Waals surface area contributed by atoms with E-state index in [0.717, 1.165) is 66.4 Å². The average molecular weight is 665 g/mol. The third-order valence-corrected chi connectivity index (χ3v) is 10.7. The van der Waals surface area contributed by atoms with Crippen molar-refractivity contribution in [3.63, 3.8) is 0 Å². The maximum atomic E-state index is 4.08. The summed E-state index contributed by atoms with van der Waals surface area (Å²) in [6.45, 7) is 0. The summed E-state index contributed by atoms with van der Waals surface area (Å²) in [5, 5.41) is 13.7. The number of nitrogens with one attached hydrogen (secondary N) is 4. The van der Waals surface area contributed by atoms with Crippen LogP contribution >= 0.6 is 0 Å². The van der Waals surface area contributed by atoms with Crippen molar-refractivity contribution in [1.82, 2.24) is 19.9 Å². The Morgan fingerprint density at radius 2 is 0.615 bits per heavy atom. The minimum absolute atomic E-state index is 1.06. The second-order valence-corrected chi connectivity index (χ2v) is 13.6. The Balaban J connectivity index is 1.44. The molecule has 0 unspecified atom stereocenters. The molecule has 1 aliphatic heterocycles. The summed E-state index contributed by atoms with van der Waals surface area (Å²) in [6.07, 6.45) is 4.55. The Kier molecular flexibility index (Phi) is 6.22. The van der Waals surface area contributed by atoms with Crippen LogP contribution in [-0.2, 0) is 0 Å². The molecular formula is C48H32N4. The zero-order valence-corrected chi connectivity index (χ0v) is 28.2. The molecule has 10 aromatic rings. The van der Waals surface area contributed by atoms with E-state index in [9.17, 15) is 0 Å². The van der Waals surface area contributed by atoms with Crippen molar-refractivity contribution in [2.24, 2.45) is 0 Å². The predicted octanol–water partition coefficient (Wildman–Crippen LogP) is 8.08. The zero-order valence-electron chi connectivity index (χ0n) is 28.2. The molecule has 4 N–H and O–H groups in total. The maximum Gasteiger partial charge on any atom is 0.0566 e. The molecule has 8 bridgehead atoms. The van der Waals surface area contributed by atoms with Gasteiger partial charge in [0, 0.05) is 76.3 Å². The highest BCUT2D eigenvalue weighted by Crippen LogP contribution is 2.35. The van der Waals surface area contributed by atoms with E-state index in [0.29, 0.717) is 0 Å². The summed E-state index contributed by atoms with van der Waals surface area (Å²) in [5.41, 5.74) is 8.80. The van der Waals surface area contributed by atoms with Gasteiger partial charge >= 0.3 is 0 Å². The number of rotatable bonds is 2. The van der Waals surface area contributed by atoms with E-state index in [4.69, 9.17) is 0 Å². The molecule has 0 saturated heterocycles. The van der Waals surface area contributed by atoms with Gasteiger partial charge in [0.2, 0.25) is 0 Å². The minimum atomic E-state index is 1.06. The molecule has 5 heterocycles. The van der Waals surface area contributed by atoms with E-state index in [-0.39, 0.29) is 0 Å². The van der Waals surface area contributed by atoms with E-state index >= 15 is 0 Å². The monoisotopic (exact) mass is 664 g/mol. The third kappa shape index (κ3) is 4.28. The molecular weight excluding hydrogens is 633 g/mol. The molecule has 11 rings (SSSR count). The fourth-order valence-corrected chi connectivity index (χ4v) is 8.39. The fraction of sp³-hybridized carbons (Fsp3) is 0. The highest BCUT2D eigenvalue weighted by molar-refractivity contribution is 6.06. The SMILES string of the molecule is C1=c2[nH]c(c3ccccc23)=C(c2ccccc2)c2[nH]c(c3ccccc23)C(c2ccccc2)=c2[nH]c(c3ccccc23)=Cc2[nH]c1c1ccccc21. The van der Waals surface area contributed by atoms with Crippen molar-refractivity contribution >= 4 is 66.4 Å². The summed E-state index contributed by atoms with van der Waals surface area (Å²) in [7, 11) is 0. The van der Waals surface area contributed by atoms with Crippen LogP contribution in [0.4, 0.5) is 0 Å². The van der Waals surface area contributed by atoms with E-state index in [1.54, 1.807) is 0 Å². The molecule has 0 amide bonds. The summed E-state index contributed by atoms with van der Waals surface area (Å²) in [5.74, 6) is 0. The van der Waals surface area contributed by atoms with Crippen molar-refractivity contribution in [3.05, 3.63) is 213 Å². The molecule has 0 aliphatic carbocycles. The summed E-state index contributed by atoms with van der Waals surface area (Å²) in [4.78, 5) is 15.8. The van der Waals surface area contributed by atoms with Crippen LogP contribution in [0, 0.1) is 0 Å². The molecule has 4 aromatic heterocycles. The van der Waals surface area contributed by atoms with Gasteiger partial charge in [-0.2, -0.15) is 0 Å². The first kappa shape index (κ1) is 28.8. The topological polar surface area (TPSA) is 63.2 Å². The van der Waals surface area contributed by atoms with E-state index in [1.165, 1.54) is 43.1 Å². The van der Waals surface area contributed by atoms with E-state index in [1.807, 2.05) is 0 Å².